The lowest BCUT2D eigenvalue weighted by atomic mass is 10.1. The van der Waals surface area contributed by atoms with Gasteiger partial charge in [-0.2, -0.15) is 0 Å². The molecule has 0 saturated heterocycles. The SMILES string of the molecule is CC(C)(C)[SH+](=O)N[C@H](Cc1ccccc1)c1cc(Br)cs1. The third-order valence-electron chi connectivity index (χ3n) is 3.10. The van der Waals surface area contributed by atoms with Crippen molar-refractivity contribution < 1.29 is 4.21 Å². The summed E-state index contributed by atoms with van der Waals surface area (Å²) in [6.45, 7) is 6.01. The molecule has 1 unspecified atom stereocenters. The van der Waals surface area contributed by atoms with E-state index >= 15 is 0 Å². The second-order valence-corrected chi connectivity index (χ2v) is 10.1. The summed E-state index contributed by atoms with van der Waals surface area (Å²) in [5.74, 6) is 0. The van der Waals surface area contributed by atoms with Crippen LogP contribution in [0.2, 0.25) is 0 Å². The minimum absolute atomic E-state index is 0.0755. The van der Waals surface area contributed by atoms with Crippen molar-refractivity contribution in [1.29, 1.82) is 0 Å². The summed E-state index contributed by atoms with van der Waals surface area (Å²) in [5.41, 5.74) is 1.25. The van der Waals surface area contributed by atoms with Crippen molar-refractivity contribution in [2.45, 2.75) is 38.0 Å². The van der Waals surface area contributed by atoms with Crippen LogP contribution in [-0.4, -0.2) is 4.75 Å². The van der Waals surface area contributed by atoms with Crippen molar-refractivity contribution in [1.82, 2.24) is 4.72 Å². The Balaban J connectivity index is 2.21. The van der Waals surface area contributed by atoms with Crippen LogP contribution in [0.25, 0.3) is 0 Å². The highest BCUT2D eigenvalue weighted by atomic mass is 79.9. The van der Waals surface area contributed by atoms with Crippen molar-refractivity contribution in [3.05, 3.63) is 56.7 Å². The molecule has 5 heteroatoms. The Morgan fingerprint density at radius 2 is 1.95 bits per heavy atom. The fraction of sp³-hybridized carbons (Fsp3) is 0.375. The number of hydrogen-bond acceptors (Lipinski definition) is 2. The standard InChI is InChI=1S/C16H20BrNOS2/c1-16(2,3)21(19)18-14(15-10-13(17)11-20-15)9-12-7-5-4-6-8-12/h4-8,10-11,14H,9H2,1-3H3,(H,18,19)/p+1/t14-,21?/m1/s1. The fourth-order valence-corrected chi connectivity index (χ4v) is 4.39. The van der Waals surface area contributed by atoms with E-state index in [1.54, 1.807) is 11.3 Å². The Kier molecular flexibility index (Phi) is 5.77. The molecule has 1 N–H and O–H groups in total. The van der Waals surface area contributed by atoms with E-state index in [4.69, 9.17) is 0 Å². The molecule has 0 radical (unpaired) electrons. The Labute approximate surface area is 141 Å². The number of benzene rings is 1. The molecule has 21 heavy (non-hydrogen) atoms. The van der Waals surface area contributed by atoms with Crippen LogP contribution in [-0.2, 0) is 21.6 Å². The Hall–Kier alpha value is -0.490. The maximum absolute atomic E-state index is 12.5. The van der Waals surface area contributed by atoms with Gasteiger partial charge in [0.05, 0.1) is 6.04 Å². The first-order valence-electron chi connectivity index (χ1n) is 6.87. The molecule has 2 aromatic rings. The summed E-state index contributed by atoms with van der Waals surface area (Å²) >= 11 is 5.19. The Morgan fingerprint density at radius 1 is 1.29 bits per heavy atom. The molecule has 0 aliphatic carbocycles. The van der Waals surface area contributed by atoms with Gasteiger partial charge in [-0.1, -0.05) is 34.5 Å². The summed E-state index contributed by atoms with van der Waals surface area (Å²) in [5, 5.41) is 2.07. The van der Waals surface area contributed by atoms with Gasteiger partial charge < -0.3 is 0 Å². The van der Waals surface area contributed by atoms with Crippen LogP contribution in [0.4, 0.5) is 0 Å². The van der Waals surface area contributed by atoms with Crippen molar-refractivity contribution >= 4 is 38.3 Å². The van der Waals surface area contributed by atoms with Gasteiger partial charge in [0.15, 0.2) is 0 Å². The minimum Gasteiger partial charge on any atom is -0.146 e. The van der Waals surface area contributed by atoms with Gasteiger partial charge in [-0.3, -0.25) is 0 Å². The summed E-state index contributed by atoms with van der Waals surface area (Å²) in [7, 11) is -1.48. The number of halogens is 1. The number of rotatable bonds is 5. The molecule has 2 atom stereocenters. The average molecular weight is 387 g/mol. The molecule has 0 saturated carbocycles. The summed E-state index contributed by atoms with van der Waals surface area (Å²) in [6, 6.07) is 12.5. The van der Waals surface area contributed by atoms with E-state index in [9.17, 15) is 4.21 Å². The molecule has 2 nitrogen and oxygen atoms in total. The monoisotopic (exact) mass is 386 g/mol. The van der Waals surface area contributed by atoms with Crippen LogP contribution in [0, 0.1) is 0 Å². The highest BCUT2D eigenvalue weighted by Gasteiger charge is 2.29. The first-order chi connectivity index (χ1) is 9.86. The van der Waals surface area contributed by atoms with Gasteiger partial charge in [-0.15, -0.1) is 16.1 Å². The van der Waals surface area contributed by atoms with E-state index in [2.05, 4.69) is 44.2 Å². The normalized spacial score (nSPS) is 14.9. The third-order valence-corrected chi connectivity index (χ3v) is 6.67. The molecule has 114 valence electrons. The number of hydrogen-bond donors (Lipinski definition) is 1. The molecular formula is C16H21BrNOS2+. The molecule has 0 amide bonds. The van der Waals surface area contributed by atoms with Gasteiger partial charge in [0, 0.05) is 14.7 Å². The van der Waals surface area contributed by atoms with Gasteiger partial charge in [0.2, 0.25) is 0 Å². The summed E-state index contributed by atoms with van der Waals surface area (Å²) in [4.78, 5) is 1.21. The van der Waals surface area contributed by atoms with Gasteiger partial charge in [-0.25, -0.2) is 0 Å². The van der Waals surface area contributed by atoms with Crippen LogP contribution in [0.3, 0.4) is 0 Å². The molecule has 1 aromatic heterocycles. The molecule has 0 aliphatic heterocycles. The highest BCUT2D eigenvalue weighted by molar-refractivity contribution is 9.10. The molecule has 0 spiro atoms. The van der Waals surface area contributed by atoms with Crippen molar-refractivity contribution in [3.63, 3.8) is 0 Å². The predicted octanol–water partition coefficient (Wildman–Crippen LogP) is 4.79. The third kappa shape index (κ3) is 5.02. The summed E-state index contributed by atoms with van der Waals surface area (Å²) < 4.78 is 16.6. The van der Waals surface area contributed by atoms with Crippen LogP contribution in [0.1, 0.15) is 37.3 Å². The van der Waals surface area contributed by atoms with Gasteiger partial charge >= 0.3 is 0 Å². The van der Waals surface area contributed by atoms with Gasteiger partial charge in [0.25, 0.3) is 0 Å². The van der Waals surface area contributed by atoms with Crippen LogP contribution < -0.4 is 4.72 Å². The number of nitrogens with one attached hydrogen (secondary N) is 1. The maximum Gasteiger partial charge on any atom is 0.147 e. The van der Waals surface area contributed by atoms with E-state index in [-0.39, 0.29) is 10.8 Å². The number of thiol groups is 1. The zero-order valence-corrected chi connectivity index (χ0v) is 15.8. The van der Waals surface area contributed by atoms with E-state index < -0.39 is 11.0 Å². The van der Waals surface area contributed by atoms with Crippen LogP contribution >= 0.6 is 27.3 Å². The molecule has 2 rings (SSSR count). The Bertz CT molecular complexity index is 604. The second-order valence-electron chi connectivity index (χ2n) is 6.00. The largest absolute Gasteiger partial charge is 0.147 e. The lowest BCUT2D eigenvalue weighted by Gasteiger charge is -2.19. The maximum atomic E-state index is 12.5. The first kappa shape index (κ1) is 16.9. The smallest absolute Gasteiger partial charge is 0.146 e. The Morgan fingerprint density at radius 3 is 2.48 bits per heavy atom. The van der Waals surface area contributed by atoms with E-state index in [0.717, 1.165) is 10.9 Å². The quantitative estimate of drug-likeness (QED) is 0.580. The molecule has 0 bridgehead atoms. The van der Waals surface area contributed by atoms with Crippen molar-refractivity contribution in [2.75, 3.05) is 0 Å². The molecular weight excluding hydrogens is 366 g/mol. The predicted molar refractivity (Wildman–Crippen MR) is 97.2 cm³/mol. The van der Waals surface area contributed by atoms with E-state index in [0.29, 0.717) is 0 Å². The summed E-state index contributed by atoms with van der Waals surface area (Å²) in [6.07, 6.45) is 0.838. The van der Waals surface area contributed by atoms with Crippen molar-refractivity contribution in [2.24, 2.45) is 0 Å². The lowest BCUT2D eigenvalue weighted by molar-refractivity contribution is 0.550. The van der Waals surface area contributed by atoms with Gasteiger partial charge in [0.1, 0.15) is 15.7 Å². The van der Waals surface area contributed by atoms with Crippen LogP contribution in [0.5, 0.6) is 0 Å². The second kappa shape index (κ2) is 7.18. The molecule has 1 heterocycles. The molecule has 0 aliphatic rings. The highest BCUT2D eigenvalue weighted by Crippen LogP contribution is 2.29. The molecule has 1 aromatic carbocycles. The minimum atomic E-state index is -1.48. The van der Waals surface area contributed by atoms with Gasteiger partial charge in [-0.05, 0) is 54.8 Å². The average Bonchev–Trinajstić information content (AvgIpc) is 2.84. The number of thiophene rings is 1. The lowest BCUT2D eigenvalue weighted by Crippen LogP contribution is -2.35. The van der Waals surface area contributed by atoms with E-state index in [1.807, 2.05) is 39.0 Å². The van der Waals surface area contributed by atoms with E-state index in [1.165, 1.54) is 10.4 Å². The fourth-order valence-electron chi connectivity index (χ4n) is 1.91. The topological polar surface area (TPSA) is 29.1 Å². The zero-order chi connectivity index (χ0) is 15.5. The van der Waals surface area contributed by atoms with Crippen molar-refractivity contribution in [3.8, 4) is 0 Å². The first-order valence-corrected chi connectivity index (χ1v) is 9.81. The zero-order valence-electron chi connectivity index (χ0n) is 12.5. The van der Waals surface area contributed by atoms with Crippen LogP contribution in [0.15, 0.2) is 46.3 Å². The molecule has 0 fully saturated rings.